The van der Waals surface area contributed by atoms with Crippen LogP contribution < -0.4 is 9.62 Å². The molecule has 1 saturated heterocycles. The van der Waals surface area contributed by atoms with Gasteiger partial charge in [-0.15, -0.1) is 0 Å². The summed E-state index contributed by atoms with van der Waals surface area (Å²) in [4.78, 5) is 17.2. The van der Waals surface area contributed by atoms with Gasteiger partial charge in [-0.25, -0.2) is 14.2 Å². The minimum absolute atomic E-state index is 0.574. The number of anilines is 1. The van der Waals surface area contributed by atoms with Gasteiger partial charge in [-0.2, -0.15) is 5.10 Å². The maximum atomic E-state index is 10.7. The van der Waals surface area contributed by atoms with Crippen LogP contribution >= 0.6 is 0 Å². The molecule has 0 spiro atoms. The maximum absolute atomic E-state index is 10.7. The maximum Gasteiger partial charge on any atom is 0.258 e. The number of pyridine rings is 1. The number of nitrogens with one attached hydrogen (secondary N) is 3. The lowest BCUT2D eigenvalue weighted by Crippen LogP contribution is -2.44. The number of aromatic amines is 2. The van der Waals surface area contributed by atoms with E-state index in [1.165, 1.54) is 11.9 Å². The molecule has 10 nitrogen and oxygen atoms in total. The Balaban J connectivity index is 1.47. The Morgan fingerprint density at radius 2 is 2.06 bits per heavy atom. The quantitative estimate of drug-likeness (QED) is 0.351. The third-order valence-electron chi connectivity index (χ3n) is 5.45. The van der Waals surface area contributed by atoms with Crippen LogP contribution in [0.1, 0.15) is 5.56 Å². The summed E-state index contributed by atoms with van der Waals surface area (Å²) >= 11 is -2.10. The van der Waals surface area contributed by atoms with Gasteiger partial charge < -0.3 is 14.8 Å². The van der Waals surface area contributed by atoms with E-state index in [2.05, 4.69) is 53.9 Å². The van der Waals surface area contributed by atoms with E-state index in [9.17, 15) is 4.21 Å². The molecule has 4 aromatic rings. The molecule has 1 aliphatic heterocycles. The minimum atomic E-state index is -2.10. The molecule has 0 saturated carbocycles. The second kappa shape index (κ2) is 8.10. The lowest BCUT2D eigenvalue weighted by Gasteiger charge is -2.34. The van der Waals surface area contributed by atoms with Crippen LogP contribution in [0.3, 0.4) is 0 Å². The Labute approximate surface area is 180 Å². The van der Waals surface area contributed by atoms with Crippen LogP contribution in [0.25, 0.3) is 39.7 Å². The van der Waals surface area contributed by atoms with Gasteiger partial charge in [0, 0.05) is 44.3 Å². The molecule has 160 valence electrons. The van der Waals surface area contributed by atoms with E-state index in [4.69, 9.17) is 9.54 Å². The summed E-state index contributed by atoms with van der Waals surface area (Å²) in [6.45, 7) is 4.13. The predicted molar refractivity (Wildman–Crippen MR) is 122 cm³/mol. The van der Waals surface area contributed by atoms with Crippen molar-refractivity contribution in [3.8, 4) is 11.5 Å². The largest absolute Gasteiger partial charge is 0.369 e. The molecule has 1 unspecified atom stereocenters. The number of hydrogen-bond acceptors (Lipinski definition) is 6. The highest BCUT2D eigenvalue weighted by Crippen LogP contribution is 2.28. The molecule has 1 fully saturated rings. The van der Waals surface area contributed by atoms with Crippen LogP contribution in [-0.4, -0.2) is 72.0 Å². The fourth-order valence-electron chi connectivity index (χ4n) is 3.75. The molecule has 3 aromatic heterocycles. The zero-order chi connectivity index (χ0) is 21.4. The Bertz CT molecular complexity index is 1290. The van der Waals surface area contributed by atoms with E-state index in [1.54, 1.807) is 12.3 Å². The number of fused-ring (bicyclic) bond motifs is 2. The molecule has 1 aromatic carbocycles. The highest BCUT2D eigenvalue weighted by Gasteiger charge is 2.17. The van der Waals surface area contributed by atoms with Crippen molar-refractivity contribution in [2.24, 2.45) is 0 Å². The molecule has 0 radical (unpaired) electrons. The monoisotopic (exact) mass is 438 g/mol. The van der Waals surface area contributed by atoms with Gasteiger partial charge in [-0.1, -0.05) is 0 Å². The SMILES string of the molecule is CN1CCN(c2ccc3nc(-c4[nH]nc5ncc(C=CNS(=O)O)cc45)[nH]c3c2)CC1. The molecule has 11 heteroatoms. The molecular formula is C20H22N8O2S. The van der Waals surface area contributed by atoms with Crippen LogP contribution in [0.5, 0.6) is 0 Å². The number of nitrogens with zero attached hydrogens (tertiary/aromatic N) is 5. The number of benzene rings is 1. The Morgan fingerprint density at radius 1 is 1.23 bits per heavy atom. The smallest absolute Gasteiger partial charge is 0.258 e. The molecule has 0 amide bonds. The van der Waals surface area contributed by atoms with E-state index in [0.717, 1.165) is 53.9 Å². The topological polar surface area (TPSA) is 126 Å². The van der Waals surface area contributed by atoms with Crippen molar-refractivity contribution >= 4 is 45.1 Å². The third-order valence-corrected chi connectivity index (χ3v) is 5.78. The van der Waals surface area contributed by atoms with Crippen LogP contribution in [-0.2, 0) is 11.3 Å². The van der Waals surface area contributed by atoms with Crippen molar-refractivity contribution in [3.63, 3.8) is 0 Å². The highest BCUT2D eigenvalue weighted by atomic mass is 32.2. The lowest BCUT2D eigenvalue weighted by atomic mass is 10.2. The molecule has 4 N–H and O–H groups in total. The second-order valence-electron chi connectivity index (χ2n) is 7.52. The van der Waals surface area contributed by atoms with Crippen LogP contribution in [0.4, 0.5) is 5.69 Å². The van der Waals surface area contributed by atoms with Gasteiger partial charge in [0.05, 0.1) is 16.4 Å². The fraction of sp³-hybridized carbons (Fsp3) is 0.250. The summed E-state index contributed by atoms with van der Waals surface area (Å²) in [5.41, 5.74) is 5.12. The zero-order valence-corrected chi connectivity index (χ0v) is 17.7. The van der Waals surface area contributed by atoms with Gasteiger partial charge in [-0.3, -0.25) is 14.4 Å². The van der Waals surface area contributed by atoms with Crippen molar-refractivity contribution in [2.45, 2.75) is 0 Å². The number of imidazole rings is 1. The molecule has 5 rings (SSSR count). The highest BCUT2D eigenvalue weighted by molar-refractivity contribution is 7.77. The van der Waals surface area contributed by atoms with E-state index >= 15 is 0 Å². The summed E-state index contributed by atoms with van der Waals surface area (Å²) in [5, 5.41) is 8.11. The summed E-state index contributed by atoms with van der Waals surface area (Å²) < 4.78 is 21.8. The summed E-state index contributed by atoms with van der Waals surface area (Å²) in [6.07, 6.45) is 4.71. The van der Waals surface area contributed by atoms with Gasteiger partial charge in [0.2, 0.25) is 0 Å². The van der Waals surface area contributed by atoms with Crippen molar-refractivity contribution in [3.05, 3.63) is 42.2 Å². The average molecular weight is 439 g/mol. The van der Waals surface area contributed by atoms with Gasteiger partial charge in [-0.05, 0) is 43.0 Å². The van der Waals surface area contributed by atoms with Crippen molar-refractivity contribution in [1.29, 1.82) is 0 Å². The number of piperazine rings is 1. The third kappa shape index (κ3) is 4.02. The fourth-order valence-corrected chi connectivity index (χ4v) is 3.94. The molecule has 31 heavy (non-hydrogen) atoms. The van der Waals surface area contributed by atoms with Crippen molar-refractivity contribution in [1.82, 2.24) is 34.8 Å². The molecule has 1 atom stereocenters. The summed E-state index contributed by atoms with van der Waals surface area (Å²) in [6, 6.07) is 8.20. The number of likely N-dealkylation sites (N-methyl/N-ethyl adjacent to an activating group) is 1. The summed E-state index contributed by atoms with van der Waals surface area (Å²) in [5.74, 6) is 0.686. The average Bonchev–Trinajstić information content (AvgIpc) is 3.37. The molecule has 0 bridgehead atoms. The number of H-pyrrole nitrogens is 2. The van der Waals surface area contributed by atoms with Crippen LogP contribution in [0, 0.1) is 0 Å². The Kier molecular flexibility index (Phi) is 5.14. The first-order valence-electron chi connectivity index (χ1n) is 9.88. The first kappa shape index (κ1) is 19.7. The molecule has 1 aliphatic rings. The van der Waals surface area contributed by atoms with E-state index in [0.29, 0.717) is 11.5 Å². The number of aromatic nitrogens is 5. The predicted octanol–water partition coefficient (Wildman–Crippen LogP) is 1.95. The van der Waals surface area contributed by atoms with Crippen LogP contribution in [0.15, 0.2) is 36.7 Å². The Morgan fingerprint density at radius 3 is 2.87 bits per heavy atom. The van der Waals surface area contributed by atoms with Crippen molar-refractivity contribution < 1.29 is 8.76 Å². The number of rotatable bonds is 5. The van der Waals surface area contributed by atoms with E-state index in [1.807, 2.05) is 12.1 Å². The lowest BCUT2D eigenvalue weighted by molar-refractivity contribution is 0.313. The van der Waals surface area contributed by atoms with E-state index < -0.39 is 11.3 Å². The Hall–Kier alpha value is -3.28. The minimum Gasteiger partial charge on any atom is -0.369 e. The first-order valence-corrected chi connectivity index (χ1v) is 11.0. The molecule has 4 heterocycles. The molecular weight excluding hydrogens is 416 g/mol. The molecule has 0 aliphatic carbocycles. The van der Waals surface area contributed by atoms with Gasteiger partial charge in [0.25, 0.3) is 11.3 Å². The zero-order valence-electron chi connectivity index (χ0n) is 16.9. The standard InChI is InChI=1S/C20H22N8O2S/c1-27-6-8-28(9-7-27)14-2-3-16-17(11-14)24-20(23-16)18-15-10-13(4-5-22-31(29)30)12-21-19(15)26-25-18/h2-5,10-12,22H,6-9H2,1H3,(H,23,24)(H,29,30)(H,21,25,26). The van der Waals surface area contributed by atoms with Crippen LogP contribution in [0.2, 0.25) is 0 Å². The summed E-state index contributed by atoms with van der Waals surface area (Å²) in [7, 11) is 2.15. The normalized spacial score (nSPS) is 16.5. The second-order valence-corrected chi connectivity index (χ2v) is 8.25. The first-order chi connectivity index (χ1) is 15.1. The van der Waals surface area contributed by atoms with Gasteiger partial charge in [0.1, 0.15) is 5.69 Å². The van der Waals surface area contributed by atoms with Gasteiger partial charge >= 0.3 is 0 Å². The van der Waals surface area contributed by atoms with Gasteiger partial charge in [0.15, 0.2) is 11.5 Å². The number of hydrogen-bond donors (Lipinski definition) is 4. The van der Waals surface area contributed by atoms with Crippen molar-refractivity contribution in [2.75, 3.05) is 38.1 Å². The van der Waals surface area contributed by atoms with E-state index in [-0.39, 0.29) is 0 Å².